The van der Waals surface area contributed by atoms with Crippen LogP contribution in [-0.4, -0.2) is 6.41 Å². The summed E-state index contributed by atoms with van der Waals surface area (Å²) in [5, 5.41) is 2.67. The van der Waals surface area contributed by atoms with Gasteiger partial charge in [0.15, 0.2) is 0 Å². The van der Waals surface area contributed by atoms with Crippen LogP contribution in [0.25, 0.3) is 0 Å². The van der Waals surface area contributed by atoms with Gasteiger partial charge in [0.1, 0.15) is 0 Å². The minimum absolute atomic E-state index is 0.720. The highest BCUT2D eigenvalue weighted by Crippen LogP contribution is 2.04. The van der Waals surface area contributed by atoms with Crippen molar-refractivity contribution in [1.29, 1.82) is 0 Å². The normalized spacial score (nSPS) is 12.0. The Hall–Kier alpha value is -1.05. The highest BCUT2D eigenvalue weighted by Gasteiger charge is 1.89. The monoisotopic (exact) mass is 195 g/mol. The second-order valence-electron chi connectivity index (χ2n) is 3.27. The molecular weight excluding hydrogens is 174 g/mol. The van der Waals surface area contributed by atoms with Crippen molar-refractivity contribution in [3.8, 4) is 0 Å². The lowest BCUT2D eigenvalue weighted by atomic mass is 10.1. The summed E-state index contributed by atoms with van der Waals surface area (Å²) in [6, 6.07) is 0. The third kappa shape index (κ3) is 7.59. The Morgan fingerprint density at radius 3 is 2.64 bits per heavy atom. The second-order valence-corrected chi connectivity index (χ2v) is 3.27. The molecule has 0 unspecified atom stereocenters. The molecule has 80 valence electrons. The summed E-state index contributed by atoms with van der Waals surface area (Å²) in [7, 11) is 0. The third-order valence-electron chi connectivity index (χ3n) is 1.99. The van der Waals surface area contributed by atoms with Gasteiger partial charge in [-0.25, -0.2) is 0 Å². The number of rotatable bonds is 8. The fourth-order valence-corrected chi connectivity index (χ4v) is 1.25. The lowest BCUT2D eigenvalue weighted by Gasteiger charge is -1.99. The smallest absolute Gasteiger partial charge is 0.211 e. The number of carbonyl (C=O) groups is 1. The average molecular weight is 195 g/mol. The van der Waals surface area contributed by atoms with Gasteiger partial charge in [-0.1, -0.05) is 38.3 Å². The van der Waals surface area contributed by atoms with E-state index in [1.807, 2.05) is 19.1 Å². The van der Waals surface area contributed by atoms with Crippen molar-refractivity contribution in [3.63, 3.8) is 0 Å². The van der Waals surface area contributed by atoms with E-state index in [-0.39, 0.29) is 0 Å². The van der Waals surface area contributed by atoms with E-state index in [4.69, 9.17) is 0 Å². The molecule has 0 atom stereocenters. The van der Waals surface area contributed by atoms with E-state index >= 15 is 0 Å². The first kappa shape index (κ1) is 12.9. The first-order valence-electron chi connectivity index (χ1n) is 5.38. The van der Waals surface area contributed by atoms with Crippen molar-refractivity contribution < 1.29 is 4.79 Å². The Balaban J connectivity index is 3.72. The van der Waals surface area contributed by atoms with Crippen LogP contribution in [-0.2, 0) is 4.79 Å². The third-order valence-corrected chi connectivity index (χ3v) is 1.99. The first-order valence-corrected chi connectivity index (χ1v) is 5.38. The summed E-state index contributed by atoms with van der Waals surface area (Å²) in [5.41, 5.74) is 0.902. The Morgan fingerprint density at radius 1 is 1.29 bits per heavy atom. The minimum Gasteiger partial charge on any atom is -0.329 e. The molecule has 1 N–H and O–H groups in total. The molecular formula is C12H21NO. The highest BCUT2D eigenvalue weighted by atomic mass is 16.1. The molecule has 0 radical (unpaired) electrons. The van der Waals surface area contributed by atoms with Gasteiger partial charge in [0.25, 0.3) is 0 Å². The van der Waals surface area contributed by atoms with Crippen molar-refractivity contribution in [3.05, 3.63) is 23.9 Å². The van der Waals surface area contributed by atoms with E-state index in [9.17, 15) is 4.79 Å². The standard InChI is InChI=1S/C12H21NO/c1-3-5-6-7-8-10-12(9-4-2)13-11-14/h4,9-11H,3,5-8H2,1-2H3,(H,13,14)/b9-4-,12-10+. The SMILES string of the molecule is C/C=C\C(=C/CCCCCC)NC=O. The maximum atomic E-state index is 10.2. The Labute approximate surface area is 87.1 Å². The molecule has 0 aromatic rings. The molecule has 0 aliphatic carbocycles. The molecule has 0 spiro atoms. The van der Waals surface area contributed by atoms with Gasteiger partial charge < -0.3 is 5.32 Å². The van der Waals surface area contributed by atoms with Crippen LogP contribution in [0.1, 0.15) is 46.0 Å². The van der Waals surface area contributed by atoms with Crippen molar-refractivity contribution in [1.82, 2.24) is 5.32 Å². The zero-order valence-corrected chi connectivity index (χ0v) is 9.25. The van der Waals surface area contributed by atoms with Crippen molar-refractivity contribution in [2.45, 2.75) is 46.0 Å². The number of carbonyl (C=O) groups excluding carboxylic acids is 1. The number of allylic oxidation sites excluding steroid dienone is 3. The molecule has 0 fully saturated rings. The Morgan fingerprint density at radius 2 is 2.07 bits per heavy atom. The Bertz CT molecular complexity index is 194. The maximum absolute atomic E-state index is 10.2. The molecule has 0 aromatic carbocycles. The quantitative estimate of drug-likeness (QED) is 0.360. The molecule has 0 heterocycles. The second kappa shape index (κ2) is 10.0. The summed E-state index contributed by atoms with van der Waals surface area (Å²) in [6.45, 7) is 4.15. The molecule has 2 heteroatoms. The first-order chi connectivity index (χ1) is 6.85. The zero-order valence-electron chi connectivity index (χ0n) is 9.25. The lowest BCUT2D eigenvalue weighted by Crippen LogP contribution is -2.07. The molecule has 0 aliphatic rings. The van der Waals surface area contributed by atoms with Gasteiger partial charge >= 0.3 is 0 Å². The topological polar surface area (TPSA) is 29.1 Å². The zero-order chi connectivity index (χ0) is 10.6. The molecule has 2 nitrogen and oxygen atoms in total. The molecule has 0 saturated carbocycles. The molecule has 1 amide bonds. The van der Waals surface area contributed by atoms with Crippen LogP contribution >= 0.6 is 0 Å². The number of nitrogens with one attached hydrogen (secondary N) is 1. The molecule has 0 aliphatic heterocycles. The average Bonchev–Trinajstić information content (AvgIpc) is 2.18. The fourth-order valence-electron chi connectivity index (χ4n) is 1.25. The van der Waals surface area contributed by atoms with Gasteiger partial charge in [0, 0.05) is 5.70 Å². The van der Waals surface area contributed by atoms with Crippen molar-refractivity contribution in [2.24, 2.45) is 0 Å². The van der Waals surface area contributed by atoms with Gasteiger partial charge in [-0.2, -0.15) is 0 Å². The van der Waals surface area contributed by atoms with E-state index in [1.165, 1.54) is 25.7 Å². The van der Waals surface area contributed by atoms with E-state index in [0.29, 0.717) is 0 Å². The highest BCUT2D eigenvalue weighted by molar-refractivity contribution is 5.51. The van der Waals surface area contributed by atoms with E-state index < -0.39 is 0 Å². The van der Waals surface area contributed by atoms with E-state index in [2.05, 4.69) is 18.3 Å². The predicted octanol–water partition coefficient (Wildman–Crippen LogP) is 3.16. The van der Waals surface area contributed by atoms with Gasteiger partial charge in [0.2, 0.25) is 6.41 Å². The summed E-state index contributed by atoms with van der Waals surface area (Å²) in [4.78, 5) is 10.2. The fraction of sp³-hybridized carbons (Fsp3) is 0.583. The van der Waals surface area contributed by atoms with Crippen LogP contribution in [0, 0.1) is 0 Å². The van der Waals surface area contributed by atoms with Gasteiger partial charge in [-0.05, 0) is 25.8 Å². The summed E-state index contributed by atoms with van der Waals surface area (Å²) >= 11 is 0. The number of amides is 1. The van der Waals surface area contributed by atoms with E-state index in [0.717, 1.165) is 18.5 Å². The van der Waals surface area contributed by atoms with Gasteiger partial charge in [-0.3, -0.25) is 4.79 Å². The maximum Gasteiger partial charge on any atom is 0.211 e. The molecule has 0 aromatic heterocycles. The van der Waals surface area contributed by atoms with Crippen LogP contribution in [0.15, 0.2) is 23.9 Å². The molecule has 14 heavy (non-hydrogen) atoms. The van der Waals surface area contributed by atoms with Crippen LogP contribution < -0.4 is 5.32 Å². The van der Waals surface area contributed by atoms with Gasteiger partial charge in [0.05, 0.1) is 0 Å². The minimum atomic E-state index is 0.720. The summed E-state index contributed by atoms with van der Waals surface area (Å²) in [6.07, 6.45) is 12.7. The Kier molecular flexibility index (Phi) is 9.28. The van der Waals surface area contributed by atoms with Crippen molar-refractivity contribution in [2.75, 3.05) is 0 Å². The summed E-state index contributed by atoms with van der Waals surface area (Å²) < 4.78 is 0. The number of hydrogen-bond donors (Lipinski definition) is 1. The van der Waals surface area contributed by atoms with Crippen LogP contribution in [0.2, 0.25) is 0 Å². The van der Waals surface area contributed by atoms with Gasteiger partial charge in [-0.15, -0.1) is 0 Å². The molecule has 0 bridgehead atoms. The summed E-state index contributed by atoms with van der Waals surface area (Å²) in [5.74, 6) is 0. The number of hydrogen-bond acceptors (Lipinski definition) is 1. The predicted molar refractivity (Wildman–Crippen MR) is 60.9 cm³/mol. The van der Waals surface area contributed by atoms with E-state index in [1.54, 1.807) is 0 Å². The largest absolute Gasteiger partial charge is 0.329 e. The lowest BCUT2D eigenvalue weighted by molar-refractivity contribution is -0.108. The molecule has 0 saturated heterocycles. The van der Waals surface area contributed by atoms with Crippen LogP contribution in [0.5, 0.6) is 0 Å². The number of unbranched alkanes of at least 4 members (excludes halogenated alkanes) is 4. The molecule has 0 rings (SSSR count). The van der Waals surface area contributed by atoms with Crippen LogP contribution in [0.3, 0.4) is 0 Å². The van der Waals surface area contributed by atoms with Crippen molar-refractivity contribution >= 4 is 6.41 Å². The van der Waals surface area contributed by atoms with Crippen LogP contribution in [0.4, 0.5) is 0 Å².